The van der Waals surface area contributed by atoms with Crippen LogP contribution in [-0.4, -0.2) is 47.7 Å². The molecule has 4 amide bonds. The molecule has 1 saturated carbocycles. The number of ether oxygens (including phenoxy) is 1. The molecule has 2 saturated heterocycles. The molecule has 246 valence electrons. The number of hydrogen-bond donors (Lipinski definition) is 1. The van der Waals surface area contributed by atoms with Crippen LogP contribution in [0.25, 0.3) is 0 Å². The number of nitrogens with zero attached hydrogens (tertiary/aromatic N) is 2. The summed E-state index contributed by atoms with van der Waals surface area (Å²) in [6, 6.07) is 17.1. The number of aliphatic hydroxyl groups excluding tert-OH is 1. The van der Waals surface area contributed by atoms with Gasteiger partial charge in [0.05, 0.1) is 46.2 Å². The van der Waals surface area contributed by atoms with Crippen molar-refractivity contribution in [2.24, 2.45) is 29.1 Å². The van der Waals surface area contributed by atoms with Gasteiger partial charge in [0, 0.05) is 11.5 Å². The predicted octanol–water partition coefficient (Wildman–Crippen LogP) is 5.49. The third-order valence-corrected chi connectivity index (χ3v) is 10.8. The molecule has 11 heteroatoms. The number of hydrogen-bond acceptors (Lipinski definition) is 7. The third-order valence-electron chi connectivity index (χ3n) is 10.5. The quantitative estimate of drug-likeness (QED) is 0.201. The smallest absolute Gasteiger partial charge is 0.241 e. The molecule has 0 unspecified atom stereocenters. The lowest BCUT2D eigenvalue weighted by molar-refractivity contribution is -0.131. The predicted molar refractivity (Wildman–Crippen MR) is 174 cm³/mol. The number of amides is 4. The topological polar surface area (TPSA) is 121 Å². The van der Waals surface area contributed by atoms with Crippen molar-refractivity contribution in [2.75, 3.05) is 23.0 Å². The number of carbonyl (C=O) groups excluding carboxylic acids is 5. The molecule has 1 N–H and O–H groups in total. The van der Waals surface area contributed by atoms with E-state index in [4.69, 9.17) is 16.3 Å². The summed E-state index contributed by atoms with van der Waals surface area (Å²) in [4.78, 5) is 71.0. The van der Waals surface area contributed by atoms with Crippen LogP contribution in [0.1, 0.15) is 48.5 Å². The highest BCUT2D eigenvalue weighted by Gasteiger charge is 2.67. The highest BCUT2D eigenvalue weighted by molar-refractivity contribution is 6.32. The van der Waals surface area contributed by atoms with E-state index in [0.29, 0.717) is 17.0 Å². The minimum atomic E-state index is -1.28. The minimum Gasteiger partial charge on any atom is -0.491 e. The molecule has 0 aromatic heterocycles. The molecular formula is C37H32ClFN2O7. The van der Waals surface area contributed by atoms with Crippen LogP contribution in [0.5, 0.6) is 5.75 Å². The zero-order chi connectivity index (χ0) is 34.1. The molecule has 4 aliphatic rings. The van der Waals surface area contributed by atoms with Crippen molar-refractivity contribution in [2.45, 2.75) is 32.6 Å². The van der Waals surface area contributed by atoms with Crippen LogP contribution in [0, 0.1) is 34.9 Å². The van der Waals surface area contributed by atoms with E-state index >= 15 is 0 Å². The summed E-state index contributed by atoms with van der Waals surface area (Å²) in [6.07, 6.45) is 2.39. The second-order valence-electron chi connectivity index (χ2n) is 13.0. The molecule has 7 rings (SSSR count). The summed E-state index contributed by atoms with van der Waals surface area (Å²) in [6.45, 7) is 3.14. The molecule has 3 aromatic rings. The van der Waals surface area contributed by atoms with Crippen LogP contribution in [0.4, 0.5) is 15.8 Å². The number of rotatable bonds is 7. The Kier molecular flexibility index (Phi) is 7.83. The van der Waals surface area contributed by atoms with Gasteiger partial charge in [-0.05, 0) is 92.8 Å². The number of anilines is 2. The van der Waals surface area contributed by atoms with Crippen LogP contribution >= 0.6 is 11.6 Å². The molecule has 0 bridgehead atoms. The summed E-state index contributed by atoms with van der Waals surface area (Å²) < 4.78 is 19.7. The maximum Gasteiger partial charge on any atom is 0.241 e. The summed E-state index contributed by atoms with van der Waals surface area (Å²) >= 11 is 6.08. The largest absolute Gasteiger partial charge is 0.491 e. The fourth-order valence-corrected chi connectivity index (χ4v) is 8.46. The number of Topliss-reactive ketones (excluding diaryl/α,β-unsaturated/α-hetero) is 1. The number of allylic oxidation sites excluding steroid dienone is 2. The van der Waals surface area contributed by atoms with E-state index < -0.39 is 52.6 Å². The summed E-state index contributed by atoms with van der Waals surface area (Å²) in [5, 5.41) is 8.97. The molecule has 6 atom stereocenters. The van der Waals surface area contributed by atoms with Gasteiger partial charge in [-0.1, -0.05) is 35.4 Å². The Balaban J connectivity index is 1.32. The molecular weight excluding hydrogens is 639 g/mol. The van der Waals surface area contributed by atoms with Gasteiger partial charge in [0.25, 0.3) is 0 Å². The van der Waals surface area contributed by atoms with E-state index in [9.17, 15) is 33.5 Å². The van der Waals surface area contributed by atoms with Gasteiger partial charge in [-0.3, -0.25) is 28.9 Å². The van der Waals surface area contributed by atoms with E-state index in [1.807, 2.05) is 18.2 Å². The second kappa shape index (κ2) is 11.8. The van der Waals surface area contributed by atoms with Crippen LogP contribution in [0.15, 0.2) is 78.4 Å². The van der Waals surface area contributed by atoms with Crippen molar-refractivity contribution in [3.63, 3.8) is 0 Å². The lowest BCUT2D eigenvalue weighted by Gasteiger charge is -2.49. The molecule has 0 spiro atoms. The van der Waals surface area contributed by atoms with Crippen LogP contribution < -0.4 is 14.5 Å². The number of halogens is 2. The first-order chi connectivity index (χ1) is 23.0. The fourth-order valence-electron chi connectivity index (χ4n) is 8.29. The number of fused-ring (bicyclic) bond motifs is 4. The number of aliphatic hydroxyl groups is 1. The Morgan fingerprint density at radius 2 is 1.62 bits per heavy atom. The molecule has 9 nitrogen and oxygen atoms in total. The second-order valence-corrected chi connectivity index (χ2v) is 13.4. The lowest BCUT2D eigenvalue weighted by atomic mass is 9.51. The van der Waals surface area contributed by atoms with E-state index in [1.54, 1.807) is 43.3 Å². The highest BCUT2D eigenvalue weighted by Crippen LogP contribution is 2.63. The van der Waals surface area contributed by atoms with Gasteiger partial charge >= 0.3 is 0 Å². The zero-order valence-corrected chi connectivity index (χ0v) is 26.9. The normalized spacial score (nSPS) is 27.9. The van der Waals surface area contributed by atoms with Gasteiger partial charge in [0.15, 0.2) is 5.78 Å². The maximum atomic E-state index is 14.5. The molecule has 48 heavy (non-hydrogen) atoms. The fraction of sp³-hybridized carbons (Fsp3) is 0.324. The molecule has 2 heterocycles. The van der Waals surface area contributed by atoms with E-state index in [-0.39, 0.29) is 54.4 Å². The Bertz CT molecular complexity index is 1910. The molecule has 0 radical (unpaired) electrons. The first-order valence-corrected chi connectivity index (χ1v) is 16.2. The number of imide groups is 2. The summed E-state index contributed by atoms with van der Waals surface area (Å²) in [7, 11) is 0. The average molecular weight is 671 g/mol. The molecule has 3 fully saturated rings. The number of carbonyl (C=O) groups is 5. The zero-order valence-electron chi connectivity index (χ0n) is 26.2. The summed E-state index contributed by atoms with van der Waals surface area (Å²) in [5.74, 6) is -5.43. The van der Waals surface area contributed by atoms with Crippen molar-refractivity contribution in [1.82, 2.24) is 0 Å². The van der Waals surface area contributed by atoms with Crippen LogP contribution in [-0.2, 0) is 19.2 Å². The van der Waals surface area contributed by atoms with Crippen molar-refractivity contribution in [1.29, 1.82) is 0 Å². The minimum absolute atomic E-state index is 0.102. The van der Waals surface area contributed by atoms with E-state index in [1.165, 1.54) is 24.0 Å². The van der Waals surface area contributed by atoms with Gasteiger partial charge in [0.1, 0.15) is 18.2 Å². The van der Waals surface area contributed by atoms with Gasteiger partial charge < -0.3 is 9.84 Å². The van der Waals surface area contributed by atoms with Gasteiger partial charge in [0.2, 0.25) is 23.6 Å². The molecule has 3 aromatic carbocycles. The van der Waals surface area contributed by atoms with Crippen molar-refractivity contribution in [3.05, 3.63) is 100 Å². The molecule has 2 aliphatic carbocycles. The van der Waals surface area contributed by atoms with Gasteiger partial charge in [-0.15, -0.1) is 0 Å². The highest BCUT2D eigenvalue weighted by atomic mass is 35.5. The summed E-state index contributed by atoms with van der Waals surface area (Å²) in [5.41, 5.74) is 1.23. The van der Waals surface area contributed by atoms with E-state index in [2.05, 4.69) is 0 Å². The Morgan fingerprint density at radius 3 is 2.27 bits per heavy atom. The Morgan fingerprint density at radius 1 is 0.938 bits per heavy atom. The monoisotopic (exact) mass is 670 g/mol. The van der Waals surface area contributed by atoms with Gasteiger partial charge in [-0.2, -0.15) is 0 Å². The van der Waals surface area contributed by atoms with Crippen LogP contribution in [0.3, 0.4) is 0 Å². The first kappa shape index (κ1) is 31.9. The van der Waals surface area contributed by atoms with Crippen molar-refractivity contribution < 1.29 is 38.2 Å². The van der Waals surface area contributed by atoms with Crippen molar-refractivity contribution >= 4 is 52.4 Å². The lowest BCUT2D eigenvalue weighted by Crippen LogP contribution is -2.48. The number of benzene rings is 3. The first-order valence-electron chi connectivity index (χ1n) is 15.8. The SMILES string of the molecule is CC(=O)c1ccc(N2C(=O)[C@H]3[C@H](CC=C4[C@H]3C[C@H]3C(=O)N(c5ccc(F)c(Cl)c5)C(=O)[C@@]3(C)[C@H]4c3ccc(OCCO)cc3)C2=O)cc1. The number of ketones is 1. The Labute approximate surface area is 280 Å². The van der Waals surface area contributed by atoms with Crippen molar-refractivity contribution in [3.8, 4) is 5.75 Å². The maximum absolute atomic E-state index is 14.5. The molecule has 2 aliphatic heterocycles. The van der Waals surface area contributed by atoms with Gasteiger partial charge in [-0.25, -0.2) is 9.29 Å². The third kappa shape index (κ3) is 4.72. The Hall–Kier alpha value is -4.67. The van der Waals surface area contributed by atoms with Crippen LogP contribution in [0.2, 0.25) is 5.02 Å². The average Bonchev–Trinajstić information content (AvgIpc) is 3.44. The standard InChI is InChI=1S/C37H32ClFN2O7/c1-19(43)20-3-7-22(8-4-20)40-33(44)26-13-12-25-27(31(26)35(40)46)18-28-34(45)41(23-9-14-30(39)29(38)17-23)36(47)37(28,2)32(25)21-5-10-24(11-6-21)48-16-15-42/h3-12,14,17,26-28,31-32,42H,13,15-16,18H2,1-2H3/t26-,27+,28-,31-,32-,37+/m0/s1. The van der Waals surface area contributed by atoms with E-state index in [0.717, 1.165) is 22.1 Å².